The maximum Gasteiger partial charge on any atom is 0.0718 e. The van der Waals surface area contributed by atoms with Gasteiger partial charge in [-0.3, -0.25) is 4.99 Å². The number of nitrogens with zero attached hydrogens (tertiary/aromatic N) is 1. The summed E-state index contributed by atoms with van der Waals surface area (Å²) >= 11 is 0. The van der Waals surface area contributed by atoms with E-state index in [1.165, 1.54) is 28.0 Å². The third kappa shape index (κ3) is 1.97. The second-order valence-corrected chi connectivity index (χ2v) is 4.78. The quantitative estimate of drug-likeness (QED) is 0.689. The second-order valence-electron chi connectivity index (χ2n) is 4.78. The third-order valence-corrected chi connectivity index (χ3v) is 3.44. The Kier molecular flexibility index (Phi) is 2.68. The van der Waals surface area contributed by atoms with Gasteiger partial charge in [0.05, 0.1) is 5.71 Å². The van der Waals surface area contributed by atoms with Crippen LogP contribution in [0.15, 0.2) is 47.0 Å². The first-order valence-corrected chi connectivity index (χ1v) is 6.36. The van der Waals surface area contributed by atoms with Crippen molar-refractivity contribution in [3.05, 3.63) is 58.7 Å². The molecule has 3 rings (SSSR count). The second kappa shape index (κ2) is 4.33. The van der Waals surface area contributed by atoms with Crippen LogP contribution in [-0.4, -0.2) is 12.3 Å². The summed E-state index contributed by atoms with van der Waals surface area (Å²) in [5, 5.41) is 0. The number of fused-ring (bicyclic) bond motifs is 1. The van der Waals surface area contributed by atoms with E-state index in [2.05, 4.69) is 43.4 Å². The summed E-state index contributed by atoms with van der Waals surface area (Å²) in [5.74, 6) is 0. The number of hydrogen-bond donors (Lipinski definition) is 0. The first-order chi connectivity index (χ1) is 8.34. The van der Waals surface area contributed by atoms with Crippen molar-refractivity contribution >= 4 is 5.71 Å². The zero-order valence-corrected chi connectivity index (χ0v) is 10.2. The van der Waals surface area contributed by atoms with Crippen LogP contribution in [0.25, 0.3) is 0 Å². The maximum absolute atomic E-state index is 4.72. The molecule has 1 aliphatic carbocycles. The Hall–Kier alpha value is -1.63. The molecule has 0 spiro atoms. The van der Waals surface area contributed by atoms with Crippen molar-refractivity contribution in [2.75, 3.05) is 6.54 Å². The van der Waals surface area contributed by atoms with E-state index < -0.39 is 0 Å². The normalized spacial score (nSPS) is 18.4. The molecule has 1 heteroatoms. The molecule has 0 amide bonds. The Bertz CT molecular complexity index is 532. The summed E-state index contributed by atoms with van der Waals surface area (Å²) in [6, 6.07) is 6.72. The number of allylic oxidation sites excluding steroid dienone is 4. The van der Waals surface area contributed by atoms with Crippen molar-refractivity contribution in [2.24, 2.45) is 4.99 Å². The van der Waals surface area contributed by atoms with Crippen molar-refractivity contribution in [1.29, 1.82) is 0 Å². The average Bonchev–Trinajstić information content (AvgIpc) is 2.39. The van der Waals surface area contributed by atoms with Crippen LogP contribution < -0.4 is 0 Å². The van der Waals surface area contributed by atoms with Gasteiger partial charge in [-0.1, -0.05) is 42.0 Å². The minimum Gasteiger partial charge on any atom is -0.284 e. The Morgan fingerprint density at radius 1 is 1.18 bits per heavy atom. The molecule has 0 fully saturated rings. The fourth-order valence-corrected chi connectivity index (χ4v) is 2.57. The van der Waals surface area contributed by atoms with Gasteiger partial charge in [0.25, 0.3) is 0 Å². The van der Waals surface area contributed by atoms with E-state index in [-0.39, 0.29) is 0 Å². The first-order valence-electron chi connectivity index (χ1n) is 6.36. The molecule has 0 aromatic heterocycles. The minimum absolute atomic E-state index is 0.928. The number of aliphatic imine (C=N–C) groups is 1. The van der Waals surface area contributed by atoms with Crippen LogP contribution in [0.3, 0.4) is 0 Å². The molecule has 1 heterocycles. The lowest BCUT2D eigenvalue weighted by atomic mass is 9.90. The Balaban J connectivity index is 2.05. The van der Waals surface area contributed by atoms with E-state index in [1.807, 2.05) is 0 Å². The van der Waals surface area contributed by atoms with Crippen molar-refractivity contribution < 1.29 is 0 Å². The molecule has 0 unspecified atom stereocenters. The SMILES string of the molecule is Cc1ccc2c(c1)CCN=C2C1=CCCC=C1. The molecule has 2 aliphatic rings. The minimum atomic E-state index is 0.928. The molecule has 1 aliphatic heterocycles. The Morgan fingerprint density at radius 3 is 2.94 bits per heavy atom. The monoisotopic (exact) mass is 223 g/mol. The Morgan fingerprint density at radius 2 is 2.12 bits per heavy atom. The molecule has 0 atom stereocenters. The van der Waals surface area contributed by atoms with Gasteiger partial charge in [0, 0.05) is 12.1 Å². The summed E-state index contributed by atoms with van der Waals surface area (Å²) in [7, 11) is 0. The summed E-state index contributed by atoms with van der Waals surface area (Å²) in [6.45, 7) is 3.09. The van der Waals surface area contributed by atoms with E-state index in [4.69, 9.17) is 4.99 Å². The van der Waals surface area contributed by atoms with Crippen LogP contribution >= 0.6 is 0 Å². The molecule has 1 nitrogen and oxygen atoms in total. The van der Waals surface area contributed by atoms with E-state index in [0.717, 1.165) is 25.8 Å². The highest BCUT2D eigenvalue weighted by molar-refractivity contribution is 6.15. The summed E-state index contributed by atoms with van der Waals surface area (Å²) in [6.07, 6.45) is 10.2. The Labute approximate surface area is 103 Å². The topological polar surface area (TPSA) is 12.4 Å². The fraction of sp³-hybridized carbons (Fsp3) is 0.312. The van der Waals surface area contributed by atoms with Crippen LogP contribution in [0.5, 0.6) is 0 Å². The molecule has 0 saturated carbocycles. The smallest absolute Gasteiger partial charge is 0.0718 e. The lowest BCUT2D eigenvalue weighted by Gasteiger charge is -2.19. The standard InChI is InChI=1S/C16H17N/c1-12-7-8-15-14(11-12)9-10-17-16(15)13-5-3-2-4-6-13/h3,5-8,11H,2,4,9-10H2,1H3. The van der Waals surface area contributed by atoms with Gasteiger partial charge < -0.3 is 0 Å². The predicted molar refractivity (Wildman–Crippen MR) is 72.7 cm³/mol. The predicted octanol–water partition coefficient (Wildman–Crippen LogP) is 3.62. The van der Waals surface area contributed by atoms with Crippen molar-refractivity contribution in [1.82, 2.24) is 0 Å². The van der Waals surface area contributed by atoms with Gasteiger partial charge in [0.1, 0.15) is 0 Å². The molecular weight excluding hydrogens is 206 g/mol. The molecular formula is C16H17N. The van der Waals surface area contributed by atoms with E-state index in [0.29, 0.717) is 0 Å². The largest absolute Gasteiger partial charge is 0.284 e. The summed E-state index contributed by atoms with van der Waals surface area (Å²) in [4.78, 5) is 4.72. The highest BCUT2D eigenvalue weighted by Gasteiger charge is 2.16. The molecule has 17 heavy (non-hydrogen) atoms. The van der Waals surface area contributed by atoms with Gasteiger partial charge in [0.15, 0.2) is 0 Å². The van der Waals surface area contributed by atoms with Gasteiger partial charge in [-0.15, -0.1) is 0 Å². The van der Waals surface area contributed by atoms with Gasteiger partial charge >= 0.3 is 0 Å². The van der Waals surface area contributed by atoms with Crippen LogP contribution in [0.1, 0.15) is 29.5 Å². The molecule has 0 saturated heterocycles. The molecule has 0 N–H and O–H groups in total. The van der Waals surface area contributed by atoms with Crippen molar-refractivity contribution in [3.63, 3.8) is 0 Å². The van der Waals surface area contributed by atoms with Gasteiger partial charge in [-0.2, -0.15) is 0 Å². The highest BCUT2D eigenvalue weighted by atomic mass is 14.7. The zero-order valence-electron chi connectivity index (χ0n) is 10.2. The fourth-order valence-electron chi connectivity index (χ4n) is 2.57. The van der Waals surface area contributed by atoms with Crippen LogP contribution in [-0.2, 0) is 6.42 Å². The number of aryl methyl sites for hydroxylation is 1. The lowest BCUT2D eigenvalue weighted by molar-refractivity contribution is 0.939. The number of benzene rings is 1. The van der Waals surface area contributed by atoms with Crippen LogP contribution in [0, 0.1) is 6.92 Å². The van der Waals surface area contributed by atoms with Gasteiger partial charge in [-0.25, -0.2) is 0 Å². The van der Waals surface area contributed by atoms with E-state index >= 15 is 0 Å². The molecule has 0 bridgehead atoms. The van der Waals surface area contributed by atoms with Gasteiger partial charge in [0.2, 0.25) is 0 Å². The molecule has 1 aromatic rings. The number of rotatable bonds is 1. The van der Waals surface area contributed by atoms with E-state index in [1.54, 1.807) is 0 Å². The summed E-state index contributed by atoms with van der Waals surface area (Å²) in [5.41, 5.74) is 6.64. The van der Waals surface area contributed by atoms with Crippen LogP contribution in [0.2, 0.25) is 0 Å². The highest BCUT2D eigenvalue weighted by Crippen LogP contribution is 2.24. The van der Waals surface area contributed by atoms with Crippen LogP contribution in [0.4, 0.5) is 0 Å². The lowest BCUT2D eigenvalue weighted by Crippen LogP contribution is -2.15. The maximum atomic E-state index is 4.72. The summed E-state index contributed by atoms with van der Waals surface area (Å²) < 4.78 is 0. The zero-order chi connectivity index (χ0) is 11.7. The van der Waals surface area contributed by atoms with Crippen molar-refractivity contribution in [3.8, 4) is 0 Å². The van der Waals surface area contributed by atoms with E-state index in [9.17, 15) is 0 Å². The molecule has 86 valence electrons. The number of hydrogen-bond acceptors (Lipinski definition) is 1. The van der Waals surface area contributed by atoms with Gasteiger partial charge in [-0.05, 0) is 37.3 Å². The molecule has 1 aromatic carbocycles. The van der Waals surface area contributed by atoms with Crippen molar-refractivity contribution in [2.45, 2.75) is 26.2 Å². The third-order valence-electron chi connectivity index (χ3n) is 3.44. The first kappa shape index (κ1) is 10.5. The average molecular weight is 223 g/mol. The molecule has 0 radical (unpaired) electrons.